The molecule has 2 aliphatic rings. The molecule has 0 spiro atoms. The van der Waals surface area contributed by atoms with Gasteiger partial charge in [0.05, 0.1) is 11.9 Å². The van der Waals surface area contributed by atoms with Gasteiger partial charge in [0.1, 0.15) is 5.78 Å². The molecule has 3 aromatic heterocycles. The Morgan fingerprint density at radius 3 is 2.54 bits per heavy atom. The van der Waals surface area contributed by atoms with E-state index in [9.17, 15) is 4.79 Å². The lowest BCUT2D eigenvalue weighted by Crippen LogP contribution is -2.38. The average molecular weight is 375 g/mol. The highest BCUT2D eigenvalue weighted by atomic mass is 16.1. The summed E-state index contributed by atoms with van der Waals surface area (Å²) in [6, 6.07) is 4.89. The number of carbonyl (C=O) groups excluding carboxylic acids is 1. The SMILES string of the molecule is Cn1cc(-c2cc3cc(CC(=O)C4CCN(C5CC5)CC4)ncc3cn2)cn1. The average Bonchev–Trinajstić information content (AvgIpc) is 3.48. The van der Waals surface area contributed by atoms with E-state index in [1.807, 2.05) is 37.9 Å². The van der Waals surface area contributed by atoms with Crippen LogP contribution in [0.25, 0.3) is 22.0 Å². The second-order valence-electron chi connectivity index (χ2n) is 8.18. The largest absolute Gasteiger partial charge is 0.300 e. The molecule has 0 unspecified atom stereocenters. The minimum atomic E-state index is 0.191. The van der Waals surface area contributed by atoms with Gasteiger partial charge in [-0.1, -0.05) is 0 Å². The molecular formula is C22H25N5O. The van der Waals surface area contributed by atoms with E-state index in [1.165, 1.54) is 12.8 Å². The lowest BCUT2D eigenvalue weighted by Gasteiger charge is -2.31. The summed E-state index contributed by atoms with van der Waals surface area (Å²) in [6.45, 7) is 2.15. The third kappa shape index (κ3) is 3.56. The number of aromatic nitrogens is 4. The van der Waals surface area contributed by atoms with Crippen LogP contribution in [0, 0.1) is 5.92 Å². The molecule has 28 heavy (non-hydrogen) atoms. The number of hydrogen-bond donors (Lipinski definition) is 0. The second kappa shape index (κ2) is 7.09. The van der Waals surface area contributed by atoms with Crippen LogP contribution in [0.4, 0.5) is 0 Å². The number of hydrogen-bond acceptors (Lipinski definition) is 5. The van der Waals surface area contributed by atoms with Crippen molar-refractivity contribution in [2.45, 2.75) is 38.1 Å². The molecule has 1 aliphatic heterocycles. The van der Waals surface area contributed by atoms with Gasteiger partial charge in [-0.3, -0.25) is 19.4 Å². The summed E-state index contributed by atoms with van der Waals surface area (Å²) in [5, 5.41) is 6.27. The zero-order chi connectivity index (χ0) is 19.1. The van der Waals surface area contributed by atoms with Crippen molar-refractivity contribution in [2.24, 2.45) is 13.0 Å². The lowest BCUT2D eigenvalue weighted by atomic mass is 9.90. The topological polar surface area (TPSA) is 63.9 Å². The molecule has 0 aromatic carbocycles. The molecule has 0 bridgehead atoms. The van der Waals surface area contributed by atoms with Gasteiger partial charge >= 0.3 is 0 Å². The van der Waals surface area contributed by atoms with Crippen LogP contribution >= 0.6 is 0 Å². The molecule has 144 valence electrons. The standard InChI is InChI=1S/C22H25N5O/c1-26-14-18(13-25-26)21-9-16-8-19(23-11-17(16)12-24-21)10-22(28)15-4-6-27(7-5-15)20-2-3-20/h8-9,11-15,20H,2-7,10H2,1H3. The first kappa shape index (κ1) is 17.5. The second-order valence-corrected chi connectivity index (χ2v) is 8.18. The van der Waals surface area contributed by atoms with Gasteiger partial charge in [0.15, 0.2) is 0 Å². The van der Waals surface area contributed by atoms with E-state index < -0.39 is 0 Å². The molecule has 0 radical (unpaired) electrons. The van der Waals surface area contributed by atoms with E-state index in [0.29, 0.717) is 12.2 Å². The molecule has 2 fully saturated rings. The Morgan fingerprint density at radius 1 is 1.04 bits per heavy atom. The van der Waals surface area contributed by atoms with Crippen molar-refractivity contribution in [3.63, 3.8) is 0 Å². The molecule has 6 nitrogen and oxygen atoms in total. The first-order valence-corrected chi connectivity index (χ1v) is 10.2. The van der Waals surface area contributed by atoms with E-state index in [2.05, 4.69) is 26.0 Å². The van der Waals surface area contributed by atoms with Gasteiger partial charge in [-0.2, -0.15) is 5.10 Å². The summed E-state index contributed by atoms with van der Waals surface area (Å²) in [7, 11) is 1.90. The van der Waals surface area contributed by atoms with Crippen LogP contribution in [-0.4, -0.2) is 49.6 Å². The lowest BCUT2D eigenvalue weighted by molar-refractivity contribution is -0.123. The van der Waals surface area contributed by atoms with E-state index in [0.717, 1.165) is 59.7 Å². The smallest absolute Gasteiger partial charge is 0.142 e. The molecular weight excluding hydrogens is 350 g/mol. The molecule has 4 heterocycles. The number of nitrogens with zero attached hydrogens (tertiary/aromatic N) is 5. The highest BCUT2D eigenvalue weighted by Gasteiger charge is 2.33. The van der Waals surface area contributed by atoms with Crippen molar-refractivity contribution in [1.29, 1.82) is 0 Å². The van der Waals surface area contributed by atoms with Gasteiger partial charge in [-0.05, 0) is 56.3 Å². The number of ketones is 1. The maximum absolute atomic E-state index is 12.8. The fourth-order valence-electron chi connectivity index (χ4n) is 4.24. The predicted octanol–water partition coefficient (Wildman–Crippen LogP) is 3.02. The summed E-state index contributed by atoms with van der Waals surface area (Å²) in [4.78, 5) is 24.4. The summed E-state index contributed by atoms with van der Waals surface area (Å²) in [5.41, 5.74) is 2.73. The highest BCUT2D eigenvalue weighted by molar-refractivity contribution is 5.87. The number of piperidine rings is 1. The van der Waals surface area contributed by atoms with Crippen LogP contribution in [0.3, 0.4) is 0 Å². The Hall–Kier alpha value is -2.60. The van der Waals surface area contributed by atoms with Crippen LogP contribution in [0.5, 0.6) is 0 Å². The molecule has 1 saturated carbocycles. The Labute approximate surface area is 164 Å². The monoisotopic (exact) mass is 375 g/mol. The molecule has 1 saturated heterocycles. The third-order valence-electron chi connectivity index (χ3n) is 6.06. The molecule has 0 amide bonds. The van der Waals surface area contributed by atoms with E-state index in [-0.39, 0.29) is 5.92 Å². The van der Waals surface area contributed by atoms with Crippen molar-refractivity contribution in [2.75, 3.05) is 13.1 Å². The first-order chi connectivity index (χ1) is 13.7. The van der Waals surface area contributed by atoms with Gasteiger partial charge in [-0.25, -0.2) is 0 Å². The normalized spacial score (nSPS) is 18.6. The highest BCUT2D eigenvalue weighted by Crippen LogP contribution is 2.31. The van der Waals surface area contributed by atoms with Crippen LogP contribution in [-0.2, 0) is 18.3 Å². The predicted molar refractivity (Wildman–Crippen MR) is 108 cm³/mol. The van der Waals surface area contributed by atoms with Crippen LogP contribution < -0.4 is 0 Å². The van der Waals surface area contributed by atoms with Crippen LogP contribution in [0.1, 0.15) is 31.4 Å². The summed E-state index contributed by atoms with van der Waals surface area (Å²) < 4.78 is 1.77. The summed E-state index contributed by atoms with van der Waals surface area (Å²) in [6.07, 6.45) is 12.5. The Bertz CT molecular complexity index is 1010. The number of rotatable bonds is 5. The Morgan fingerprint density at radius 2 is 1.82 bits per heavy atom. The van der Waals surface area contributed by atoms with Crippen molar-refractivity contribution in [3.05, 3.63) is 42.6 Å². The third-order valence-corrected chi connectivity index (χ3v) is 6.06. The summed E-state index contributed by atoms with van der Waals surface area (Å²) >= 11 is 0. The van der Waals surface area contributed by atoms with Crippen molar-refractivity contribution in [1.82, 2.24) is 24.6 Å². The molecule has 3 aromatic rings. The van der Waals surface area contributed by atoms with Gasteiger partial charge in [0.25, 0.3) is 0 Å². The molecule has 5 rings (SSSR count). The molecule has 0 N–H and O–H groups in total. The quantitative estimate of drug-likeness (QED) is 0.686. The zero-order valence-corrected chi connectivity index (χ0v) is 16.2. The fourth-order valence-corrected chi connectivity index (χ4v) is 4.24. The number of likely N-dealkylation sites (tertiary alicyclic amines) is 1. The first-order valence-electron chi connectivity index (χ1n) is 10.2. The number of fused-ring (bicyclic) bond motifs is 1. The Kier molecular flexibility index (Phi) is 4.43. The van der Waals surface area contributed by atoms with Gasteiger partial charge in [-0.15, -0.1) is 0 Å². The van der Waals surface area contributed by atoms with Gasteiger partial charge in [0, 0.05) is 60.7 Å². The fraction of sp³-hybridized carbons (Fsp3) is 0.455. The molecule has 6 heteroatoms. The van der Waals surface area contributed by atoms with Crippen molar-refractivity contribution in [3.8, 4) is 11.3 Å². The minimum absolute atomic E-state index is 0.191. The summed E-state index contributed by atoms with van der Waals surface area (Å²) in [5.74, 6) is 0.528. The van der Waals surface area contributed by atoms with E-state index in [1.54, 1.807) is 4.68 Å². The van der Waals surface area contributed by atoms with Crippen molar-refractivity contribution < 1.29 is 4.79 Å². The Balaban J connectivity index is 1.30. The van der Waals surface area contributed by atoms with Crippen molar-refractivity contribution >= 4 is 16.6 Å². The number of carbonyl (C=O) groups is 1. The maximum atomic E-state index is 12.8. The van der Waals surface area contributed by atoms with E-state index >= 15 is 0 Å². The van der Waals surface area contributed by atoms with Gasteiger partial charge in [0.2, 0.25) is 0 Å². The number of Topliss-reactive ketones (excluding diaryl/α,β-unsaturated/α-hetero) is 1. The zero-order valence-electron chi connectivity index (χ0n) is 16.2. The van der Waals surface area contributed by atoms with E-state index in [4.69, 9.17) is 0 Å². The molecule has 0 atom stereocenters. The van der Waals surface area contributed by atoms with Crippen LogP contribution in [0.2, 0.25) is 0 Å². The molecule has 1 aliphatic carbocycles. The van der Waals surface area contributed by atoms with Gasteiger partial charge < -0.3 is 4.90 Å². The van der Waals surface area contributed by atoms with Crippen LogP contribution in [0.15, 0.2) is 36.9 Å². The minimum Gasteiger partial charge on any atom is -0.300 e. The number of aryl methyl sites for hydroxylation is 1. The maximum Gasteiger partial charge on any atom is 0.142 e. The number of pyridine rings is 2.